The van der Waals surface area contributed by atoms with Crippen LogP contribution in [0, 0.1) is 0 Å². The zero-order valence-corrected chi connectivity index (χ0v) is 18.9. The second-order valence-corrected chi connectivity index (χ2v) is 7.31. The Balaban J connectivity index is 1.64. The zero-order chi connectivity index (χ0) is 24.2. The average molecular weight is 458 g/mol. The molecule has 0 aliphatic heterocycles. The van der Waals surface area contributed by atoms with Gasteiger partial charge in [0, 0.05) is 5.56 Å². The van der Waals surface area contributed by atoms with E-state index < -0.39 is 6.04 Å². The van der Waals surface area contributed by atoms with E-state index in [4.69, 9.17) is 9.47 Å². The summed E-state index contributed by atoms with van der Waals surface area (Å²) in [4.78, 5) is 25.3. The van der Waals surface area contributed by atoms with E-state index in [-0.39, 0.29) is 18.2 Å². The highest BCUT2D eigenvalue weighted by molar-refractivity contribution is 5.94. The fraction of sp³-hybridized carbons (Fsp3) is 0.148. The molecule has 3 aromatic rings. The van der Waals surface area contributed by atoms with Crippen molar-refractivity contribution in [2.75, 3.05) is 13.7 Å². The molecule has 1 atom stereocenters. The maximum absolute atomic E-state index is 12.7. The maximum Gasteiger partial charge on any atom is 0.251 e. The van der Waals surface area contributed by atoms with Crippen LogP contribution in [0.4, 0.5) is 0 Å². The lowest BCUT2D eigenvalue weighted by Gasteiger charge is -2.18. The fourth-order valence-electron chi connectivity index (χ4n) is 3.21. The van der Waals surface area contributed by atoms with Gasteiger partial charge in [0.1, 0.15) is 6.61 Å². The first kappa shape index (κ1) is 24.3. The summed E-state index contributed by atoms with van der Waals surface area (Å²) in [5.74, 6) is 0.543. The first-order valence-corrected chi connectivity index (χ1v) is 10.7. The minimum Gasteiger partial charge on any atom is -0.493 e. The molecule has 0 saturated heterocycles. The van der Waals surface area contributed by atoms with Gasteiger partial charge >= 0.3 is 0 Å². The molecule has 2 amide bonds. The normalized spacial score (nSPS) is 11.4. The minimum absolute atomic E-state index is 0.0254. The van der Waals surface area contributed by atoms with Crippen molar-refractivity contribution in [2.24, 2.45) is 5.10 Å². The lowest BCUT2D eigenvalue weighted by Crippen LogP contribution is -2.32. The smallest absolute Gasteiger partial charge is 0.251 e. The molecule has 0 aliphatic carbocycles. The second-order valence-electron chi connectivity index (χ2n) is 7.31. The summed E-state index contributed by atoms with van der Waals surface area (Å²) < 4.78 is 10.9. The highest BCUT2D eigenvalue weighted by atomic mass is 16.5. The van der Waals surface area contributed by atoms with Crippen molar-refractivity contribution in [3.05, 3.63) is 108 Å². The van der Waals surface area contributed by atoms with E-state index >= 15 is 0 Å². The Bertz CT molecular complexity index is 1130. The number of hydrazone groups is 1. The Morgan fingerprint density at radius 3 is 2.38 bits per heavy atom. The van der Waals surface area contributed by atoms with E-state index in [0.29, 0.717) is 23.7 Å². The Hall–Kier alpha value is -4.39. The van der Waals surface area contributed by atoms with Crippen LogP contribution in [-0.2, 0) is 4.79 Å². The SMILES string of the molecule is C=CCOc1ccc(/C=N\NC(=O)C[C@@H](NC(=O)c2ccccc2)c2ccccc2)cc1OC. The number of carbonyl (C=O) groups is 2. The van der Waals surface area contributed by atoms with Gasteiger partial charge in [-0.1, -0.05) is 61.2 Å². The van der Waals surface area contributed by atoms with Gasteiger partial charge in [-0.05, 0) is 41.5 Å². The van der Waals surface area contributed by atoms with Crippen LogP contribution in [0.1, 0.15) is 33.9 Å². The van der Waals surface area contributed by atoms with E-state index in [9.17, 15) is 9.59 Å². The molecule has 0 spiro atoms. The standard InChI is InChI=1S/C27H27N3O4/c1-3-16-34-24-15-14-20(17-25(24)33-2)19-28-30-26(31)18-23(21-10-6-4-7-11-21)29-27(32)22-12-8-5-9-13-22/h3-15,17,19,23H,1,16,18H2,2H3,(H,29,32)(H,30,31)/b28-19-/t23-/m1/s1. The Kier molecular flexibility index (Phi) is 8.99. The van der Waals surface area contributed by atoms with E-state index in [2.05, 4.69) is 22.4 Å². The Morgan fingerprint density at radius 1 is 1.00 bits per heavy atom. The third kappa shape index (κ3) is 7.06. The number of nitrogens with zero attached hydrogens (tertiary/aromatic N) is 1. The van der Waals surface area contributed by atoms with E-state index in [1.54, 1.807) is 55.7 Å². The maximum atomic E-state index is 12.7. The van der Waals surface area contributed by atoms with Crippen molar-refractivity contribution < 1.29 is 19.1 Å². The van der Waals surface area contributed by atoms with Crippen LogP contribution in [-0.4, -0.2) is 31.7 Å². The van der Waals surface area contributed by atoms with Crippen LogP contribution in [0.25, 0.3) is 0 Å². The summed E-state index contributed by atoms with van der Waals surface area (Å²) in [6.07, 6.45) is 3.19. The van der Waals surface area contributed by atoms with E-state index in [1.807, 2.05) is 36.4 Å². The van der Waals surface area contributed by atoms with Crippen molar-refractivity contribution in [1.82, 2.24) is 10.7 Å². The second kappa shape index (κ2) is 12.6. The average Bonchev–Trinajstić information content (AvgIpc) is 2.88. The number of ether oxygens (including phenoxy) is 2. The summed E-state index contributed by atoms with van der Waals surface area (Å²) in [6.45, 7) is 3.99. The first-order valence-electron chi connectivity index (χ1n) is 10.7. The predicted molar refractivity (Wildman–Crippen MR) is 132 cm³/mol. The van der Waals surface area contributed by atoms with Crippen molar-refractivity contribution in [2.45, 2.75) is 12.5 Å². The first-order chi connectivity index (χ1) is 16.6. The van der Waals surface area contributed by atoms with Crippen molar-refractivity contribution in [3.63, 3.8) is 0 Å². The van der Waals surface area contributed by atoms with Gasteiger partial charge < -0.3 is 14.8 Å². The molecule has 0 fully saturated rings. The van der Waals surface area contributed by atoms with E-state index in [0.717, 1.165) is 11.1 Å². The quantitative estimate of drug-likeness (QED) is 0.256. The molecule has 7 heteroatoms. The molecule has 0 saturated carbocycles. The number of carbonyl (C=O) groups excluding carboxylic acids is 2. The largest absolute Gasteiger partial charge is 0.493 e. The Labute approximate surface area is 199 Å². The van der Waals surface area contributed by atoms with Gasteiger partial charge in [0.05, 0.1) is 25.8 Å². The zero-order valence-electron chi connectivity index (χ0n) is 18.9. The van der Waals surface area contributed by atoms with Crippen molar-refractivity contribution in [3.8, 4) is 11.5 Å². The Morgan fingerprint density at radius 2 is 1.71 bits per heavy atom. The van der Waals surface area contributed by atoms with Crippen LogP contribution in [0.2, 0.25) is 0 Å². The molecule has 174 valence electrons. The van der Waals surface area contributed by atoms with Gasteiger partial charge in [-0.2, -0.15) is 5.10 Å². The lowest BCUT2D eigenvalue weighted by molar-refractivity contribution is -0.121. The summed E-state index contributed by atoms with van der Waals surface area (Å²) in [5.41, 5.74) is 4.60. The molecule has 0 aliphatic rings. The molecule has 3 aromatic carbocycles. The topological polar surface area (TPSA) is 89.0 Å². The van der Waals surface area contributed by atoms with Gasteiger partial charge in [0.2, 0.25) is 5.91 Å². The van der Waals surface area contributed by atoms with Gasteiger partial charge in [-0.25, -0.2) is 5.43 Å². The number of hydrogen-bond donors (Lipinski definition) is 2. The third-order valence-electron chi connectivity index (χ3n) is 4.88. The molecule has 0 unspecified atom stereocenters. The van der Waals surface area contributed by atoms with Crippen molar-refractivity contribution >= 4 is 18.0 Å². The van der Waals surface area contributed by atoms with Gasteiger partial charge in [-0.15, -0.1) is 0 Å². The molecule has 7 nitrogen and oxygen atoms in total. The van der Waals surface area contributed by atoms with Crippen LogP contribution >= 0.6 is 0 Å². The van der Waals surface area contributed by atoms with Gasteiger partial charge in [-0.3, -0.25) is 9.59 Å². The molecule has 0 bridgehead atoms. The van der Waals surface area contributed by atoms with Gasteiger partial charge in [0.25, 0.3) is 5.91 Å². The number of rotatable bonds is 11. The molecule has 0 heterocycles. The predicted octanol–water partition coefficient (Wildman–Crippen LogP) is 4.27. The fourth-order valence-corrected chi connectivity index (χ4v) is 3.21. The number of amides is 2. The summed E-state index contributed by atoms with van der Waals surface area (Å²) in [5, 5.41) is 6.98. The third-order valence-corrected chi connectivity index (χ3v) is 4.88. The molecule has 0 aromatic heterocycles. The number of benzene rings is 3. The minimum atomic E-state index is -0.509. The summed E-state index contributed by atoms with van der Waals surface area (Å²) in [7, 11) is 1.55. The highest BCUT2D eigenvalue weighted by Gasteiger charge is 2.19. The lowest BCUT2D eigenvalue weighted by atomic mass is 10.0. The van der Waals surface area contributed by atoms with Crippen LogP contribution in [0.3, 0.4) is 0 Å². The molecular formula is C27H27N3O4. The van der Waals surface area contributed by atoms with Crippen molar-refractivity contribution in [1.29, 1.82) is 0 Å². The molecular weight excluding hydrogens is 430 g/mol. The van der Waals surface area contributed by atoms with Crippen LogP contribution < -0.4 is 20.2 Å². The van der Waals surface area contributed by atoms with Gasteiger partial charge in [0.15, 0.2) is 11.5 Å². The number of hydrogen-bond acceptors (Lipinski definition) is 5. The number of methoxy groups -OCH3 is 1. The summed E-state index contributed by atoms with van der Waals surface area (Å²) >= 11 is 0. The molecule has 2 N–H and O–H groups in total. The molecule has 34 heavy (non-hydrogen) atoms. The molecule has 3 rings (SSSR count). The van der Waals surface area contributed by atoms with Crippen LogP contribution in [0.5, 0.6) is 11.5 Å². The van der Waals surface area contributed by atoms with E-state index in [1.165, 1.54) is 6.21 Å². The molecule has 0 radical (unpaired) electrons. The summed E-state index contributed by atoms with van der Waals surface area (Å²) in [6, 6.07) is 23.0. The number of nitrogens with one attached hydrogen (secondary N) is 2. The highest BCUT2D eigenvalue weighted by Crippen LogP contribution is 2.27. The monoisotopic (exact) mass is 457 g/mol. The van der Waals surface area contributed by atoms with Crippen LogP contribution in [0.15, 0.2) is 96.6 Å².